The van der Waals surface area contributed by atoms with Gasteiger partial charge >= 0.3 is 0 Å². The molecule has 0 saturated heterocycles. The van der Waals surface area contributed by atoms with Gasteiger partial charge in [-0.2, -0.15) is 10.5 Å². The lowest BCUT2D eigenvalue weighted by Crippen LogP contribution is -1.91. The monoisotopic (exact) mass is 271 g/mol. The summed E-state index contributed by atoms with van der Waals surface area (Å²) in [6, 6.07) is 17.9. The smallest absolute Gasteiger partial charge is 0.192 e. The lowest BCUT2D eigenvalue weighted by atomic mass is 9.92. The normalized spacial score (nSPS) is 10.8. The SMILES string of the molecule is N#Cc1c2ccccc2c(-c2nn[nH]n2)c2ccccc12. The fourth-order valence-corrected chi connectivity index (χ4v) is 2.76. The van der Waals surface area contributed by atoms with Crippen molar-refractivity contribution in [2.24, 2.45) is 0 Å². The van der Waals surface area contributed by atoms with E-state index in [1.165, 1.54) is 0 Å². The summed E-state index contributed by atoms with van der Waals surface area (Å²) in [4.78, 5) is 0. The Bertz CT molecular complexity index is 939. The maximum absolute atomic E-state index is 9.56. The van der Waals surface area contributed by atoms with Crippen molar-refractivity contribution < 1.29 is 0 Å². The van der Waals surface area contributed by atoms with E-state index in [1.807, 2.05) is 48.5 Å². The molecule has 98 valence electrons. The maximum Gasteiger partial charge on any atom is 0.205 e. The first-order valence-electron chi connectivity index (χ1n) is 6.47. The van der Waals surface area contributed by atoms with Gasteiger partial charge in [-0.3, -0.25) is 0 Å². The third-order valence-corrected chi connectivity index (χ3v) is 3.61. The van der Waals surface area contributed by atoms with E-state index in [2.05, 4.69) is 26.7 Å². The first-order valence-corrected chi connectivity index (χ1v) is 6.47. The van der Waals surface area contributed by atoms with Gasteiger partial charge in [0.05, 0.1) is 5.56 Å². The van der Waals surface area contributed by atoms with Crippen molar-refractivity contribution in [2.75, 3.05) is 0 Å². The van der Waals surface area contributed by atoms with Gasteiger partial charge in [-0.1, -0.05) is 48.5 Å². The average molecular weight is 271 g/mol. The molecule has 5 nitrogen and oxygen atoms in total. The van der Waals surface area contributed by atoms with E-state index in [-0.39, 0.29) is 0 Å². The molecule has 4 rings (SSSR count). The average Bonchev–Trinajstić information content (AvgIpc) is 3.06. The molecule has 1 heterocycles. The van der Waals surface area contributed by atoms with Gasteiger partial charge in [-0.15, -0.1) is 10.2 Å². The number of hydrogen-bond acceptors (Lipinski definition) is 4. The molecule has 0 atom stereocenters. The van der Waals surface area contributed by atoms with Gasteiger partial charge in [0.1, 0.15) is 6.07 Å². The molecule has 3 aromatic carbocycles. The van der Waals surface area contributed by atoms with Gasteiger partial charge in [0.25, 0.3) is 0 Å². The molecular formula is C16H9N5. The van der Waals surface area contributed by atoms with Crippen molar-refractivity contribution in [3.8, 4) is 17.5 Å². The number of nitrogens with zero attached hydrogens (tertiary/aromatic N) is 4. The largest absolute Gasteiger partial charge is 0.205 e. The lowest BCUT2D eigenvalue weighted by molar-refractivity contribution is 0.881. The second-order valence-electron chi connectivity index (χ2n) is 4.69. The predicted molar refractivity (Wildman–Crippen MR) is 79.3 cm³/mol. The summed E-state index contributed by atoms with van der Waals surface area (Å²) in [7, 11) is 0. The number of nitrogens with one attached hydrogen (secondary N) is 1. The second kappa shape index (κ2) is 4.39. The van der Waals surface area contributed by atoms with Crippen molar-refractivity contribution in [3.63, 3.8) is 0 Å². The van der Waals surface area contributed by atoms with E-state index in [4.69, 9.17) is 0 Å². The summed E-state index contributed by atoms with van der Waals surface area (Å²) >= 11 is 0. The molecule has 0 bridgehead atoms. The summed E-state index contributed by atoms with van der Waals surface area (Å²) in [6.45, 7) is 0. The Morgan fingerprint density at radius 3 is 1.90 bits per heavy atom. The van der Waals surface area contributed by atoms with Gasteiger partial charge in [-0.05, 0) is 16.0 Å². The van der Waals surface area contributed by atoms with E-state index in [0.717, 1.165) is 27.1 Å². The molecule has 4 aromatic rings. The minimum absolute atomic E-state index is 0.534. The van der Waals surface area contributed by atoms with Crippen LogP contribution in [-0.2, 0) is 0 Å². The molecule has 0 radical (unpaired) electrons. The van der Waals surface area contributed by atoms with E-state index in [0.29, 0.717) is 11.4 Å². The highest BCUT2D eigenvalue weighted by Crippen LogP contribution is 2.37. The molecule has 0 amide bonds. The van der Waals surface area contributed by atoms with E-state index >= 15 is 0 Å². The second-order valence-corrected chi connectivity index (χ2v) is 4.69. The number of aromatic nitrogens is 4. The molecule has 0 aliphatic carbocycles. The number of hydrogen-bond donors (Lipinski definition) is 1. The third kappa shape index (κ3) is 1.60. The standard InChI is InChI=1S/C16H9N5/c17-9-14-10-5-1-3-7-12(10)15(16-18-20-21-19-16)13-8-4-2-6-11(13)14/h1-8H,(H,18,19,20,21). The number of aromatic amines is 1. The minimum atomic E-state index is 0.534. The van der Waals surface area contributed by atoms with Crippen LogP contribution in [0, 0.1) is 11.3 Å². The van der Waals surface area contributed by atoms with Crippen molar-refractivity contribution in [1.29, 1.82) is 5.26 Å². The Kier molecular flexibility index (Phi) is 2.42. The molecule has 0 saturated carbocycles. The molecule has 21 heavy (non-hydrogen) atoms. The Balaban J connectivity index is 2.33. The molecule has 5 heteroatoms. The maximum atomic E-state index is 9.56. The molecule has 0 aliphatic heterocycles. The highest BCUT2D eigenvalue weighted by atomic mass is 15.5. The zero-order valence-corrected chi connectivity index (χ0v) is 10.9. The molecular weight excluding hydrogens is 262 g/mol. The molecule has 0 unspecified atom stereocenters. The van der Waals surface area contributed by atoms with Crippen LogP contribution >= 0.6 is 0 Å². The van der Waals surface area contributed by atoms with Crippen molar-refractivity contribution >= 4 is 21.5 Å². The highest BCUT2D eigenvalue weighted by Gasteiger charge is 2.16. The predicted octanol–water partition coefficient (Wildman–Crippen LogP) is 3.04. The van der Waals surface area contributed by atoms with Gasteiger partial charge in [-0.25, -0.2) is 0 Å². The van der Waals surface area contributed by atoms with E-state index < -0.39 is 0 Å². The van der Waals surface area contributed by atoms with Crippen LogP contribution in [-0.4, -0.2) is 20.6 Å². The summed E-state index contributed by atoms with van der Waals surface area (Å²) < 4.78 is 0. The molecule has 0 aliphatic rings. The van der Waals surface area contributed by atoms with Gasteiger partial charge < -0.3 is 0 Å². The van der Waals surface area contributed by atoms with Crippen molar-refractivity contribution in [2.45, 2.75) is 0 Å². The van der Waals surface area contributed by atoms with E-state index in [9.17, 15) is 5.26 Å². The van der Waals surface area contributed by atoms with Crippen LogP contribution < -0.4 is 0 Å². The van der Waals surface area contributed by atoms with Crippen LogP contribution in [0.5, 0.6) is 0 Å². The number of rotatable bonds is 1. The number of fused-ring (bicyclic) bond motifs is 2. The molecule has 0 spiro atoms. The fraction of sp³-hybridized carbons (Fsp3) is 0. The first kappa shape index (κ1) is 11.6. The Labute approximate surface area is 119 Å². The number of tetrazole rings is 1. The number of H-pyrrole nitrogens is 1. The number of benzene rings is 3. The van der Waals surface area contributed by atoms with Crippen molar-refractivity contribution in [3.05, 3.63) is 54.1 Å². The number of nitriles is 1. The van der Waals surface area contributed by atoms with E-state index in [1.54, 1.807) is 0 Å². The van der Waals surface area contributed by atoms with Crippen LogP contribution in [0.15, 0.2) is 48.5 Å². The summed E-state index contributed by atoms with van der Waals surface area (Å²) in [5.41, 5.74) is 1.57. The first-order chi connectivity index (χ1) is 10.4. The summed E-state index contributed by atoms with van der Waals surface area (Å²) in [5, 5.41) is 27.6. The van der Waals surface area contributed by atoms with Gasteiger partial charge in [0.2, 0.25) is 5.82 Å². The van der Waals surface area contributed by atoms with Crippen LogP contribution in [0.4, 0.5) is 0 Å². The molecule has 1 N–H and O–H groups in total. The Morgan fingerprint density at radius 2 is 1.43 bits per heavy atom. The fourth-order valence-electron chi connectivity index (χ4n) is 2.76. The van der Waals surface area contributed by atoms with Crippen LogP contribution in [0.2, 0.25) is 0 Å². The lowest BCUT2D eigenvalue weighted by Gasteiger charge is -2.10. The van der Waals surface area contributed by atoms with Crippen LogP contribution in [0.1, 0.15) is 5.56 Å². The van der Waals surface area contributed by atoms with Crippen LogP contribution in [0.25, 0.3) is 32.9 Å². The Morgan fingerprint density at radius 1 is 0.857 bits per heavy atom. The zero-order valence-electron chi connectivity index (χ0n) is 10.9. The Hall–Kier alpha value is -3.26. The van der Waals surface area contributed by atoms with Crippen molar-refractivity contribution in [1.82, 2.24) is 20.6 Å². The van der Waals surface area contributed by atoms with Gasteiger partial charge in [0.15, 0.2) is 0 Å². The summed E-state index contributed by atoms with van der Waals surface area (Å²) in [5.74, 6) is 0.534. The zero-order chi connectivity index (χ0) is 14.2. The highest BCUT2D eigenvalue weighted by molar-refractivity contribution is 6.15. The molecule has 1 aromatic heterocycles. The minimum Gasteiger partial charge on any atom is -0.192 e. The van der Waals surface area contributed by atoms with Crippen LogP contribution in [0.3, 0.4) is 0 Å². The quantitative estimate of drug-likeness (QED) is 0.540. The third-order valence-electron chi connectivity index (χ3n) is 3.61. The molecule has 0 fully saturated rings. The summed E-state index contributed by atoms with van der Waals surface area (Å²) in [6.07, 6.45) is 0. The topological polar surface area (TPSA) is 78.2 Å². The van der Waals surface area contributed by atoms with Gasteiger partial charge in [0, 0.05) is 16.3 Å².